The molecule has 1 aliphatic rings. The van der Waals surface area contributed by atoms with Crippen LogP contribution in [0, 0.1) is 5.82 Å². The van der Waals surface area contributed by atoms with E-state index in [1.165, 1.54) is 24.3 Å². The van der Waals surface area contributed by atoms with Gasteiger partial charge < -0.3 is 10.1 Å². The molecule has 0 fully saturated rings. The van der Waals surface area contributed by atoms with Crippen LogP contribution in [0.15, 0.2) is 82.1 Å². The van der Waals surface area contributed by atoms with Gasteiger partial charge in [0, 0.05) is 28.5 Å². The molecule has 7 nitrogen and oxygen atoms in total. The van der Waals surface area contributed by atoms with Crippen LogP contribution in [0.5, 0.6) is 5.75 Å². The fourth-order valence-corrected chi connectivity index (χ4v) is 5.53. The fraction of sp³-hybridized carbons (Fsp3) is 0.233. The van der Waals surface area contributed by atoms with E-state index in [2.05, 4.69) is 5.32 Å². The lowest BCUT2D eigenvalue weighted by Gasteiger charge is -2.09. The third kappa shape index (κ3) is 7.32. The standard InChI is InChI=1S/C30H31FN2O5S2/c1-20-27(17-21-5-10-24(11-6-21)39(2)35)26-14-7-22(31)18-29(26)28(20)19-30(34)33-15-3-4-16-38-23-8-12-25(13-9-23)40(32,36)37/h5-14,17-18H,3-4,15-16,19H2,1-2H3,(H,33,34)(H2,32,36,37)/b27-17+. The molecule has 0 radical (unpaired) electrons. The van der Waals surface area contributed by atoms with Gasteiger partial charge in [-0.2, -0.15) is 0 Å². The molecule has 4 rings (SSSR count). The number of amides is 1. The number of rotatable bonds is 11. The zero-order chi connectivity index (χ0) is 28.9. The summed E-state index contributed by atoms with van der Waals surface area (Å²) in [5, 5.41) is 8.02. The average Bonchev–Trinajstić information content (AvgIpc) is 3.15. The summed E-state index contributed by atoms with van der Waals surface area (Å²) in [4.78, 5) is 13.6. The number of carbonyl (C=O) groups excluding carboxylic acids is 1. The van der Waals surface area contributed by atoms with Crippen molar-refractivity contribution in [2.45, 2.75) is 36.0 Å². The Morgan fingerprint density at radius 3 is 2.38 bits per heavy atom. The second-order valence-electron chi connectivity index (χ2n) is 9.47. The number of nitrogens with one attached hydrogen (secondary N) is 1. The van der Waals surface area contributed by atoms with Crippen molar-refractivity contribution in [1.82, 2.24) is 5.32 Å². The molecule has 0 saturated carbocycles. The summed E-state index contributed by atoms with van der Waals surface area (Å²) in [5.41, 5.74) is 5.15. The van der Waals surface area contributed by atoms with E-state index >= 15 is 0 Å². The SMILES string of the molecule is CC1=C(CC(=O)NCCCCOc2ccc(S(N)(=O)=O)cc2)c2cc(F)ccc2/C1=C/c1ccc(S(C)=O)cc1. The van der Waals surface area contributed by atoms with E-state index < -0.39 is 20.8 Å². The molecule has 40 heavy (non-hydrogen) atoms. The number of carbonyl (C=O) groups is 1. The van der Waals surface area contributed by atoms with Gasteiger partial charge in [-0.25, -0.2) is 17.9 Å². The van der Waals surface area contributed by atoms with Crippen molar-refractivity contribution in [2.24, 2.45) is 5.14 Å². The number of benzene rings is 3. The molecule has 210 valence electrons. The van der Waals surface area contributed by atoms with Gasteiger partial charge in [0.2, 0.25) is 15.9 Å². The maximum Gasteiger partial charge on any atom is 0.238 e. The second-order valence-corrected chi connectivity index (χ2v) is 12.4. The Kier molecular flexibility index (Phi) is 9.34. The molecule has 0 aromatic heterocycles. The fourth-order valence-electron chi connectivity index (χ4n) is 4.50. The summed E-state index contributed by atoms with van der Waals surface area (Å²) in [6, 6.07) is 17.9. The lowest BCUT2D eigenvalue weighted by atomic mass is 10.0. The number of primary sulfonamides is 1. The Labute approximate surface area is 236 Å². The maximum absolute atomic E-state index is 14.2. The van der Waals surface area contributed by atoms with Crippen LogP contribution in [0.2, 0.25) is 0 Å². The highest BCUT2D eigenvalue weighted by atomic mass is 32.2. The molecule has 0 aliphatic heterocycles. The Hall–Kier alpha value is -3.60. The molecule has 0 heterocycles. The van der Waals surface area contributed by atoms with Gasteiger partial charge in [0.15, 0.2) is 0 Å². The molecule has 1 aliphatic carbocycles. The number of unbranched alkanes of at least 4 members (excludes halogenated alkanes) is 1. The van der Waals surface area contributed by atoms with Crippen LogP contribution in [0.4, 0.5) is 4.39 Å². The number of halogens is 1. The smallest absolute Gasteiger partial charge is 0.238 e. The van der Waals surface area contributed by atoms with Gasteiger partial charge in [-0.15, -0.1) is 0 Å². The third-order valence-corrected chi connectivity index (χ3v) is 8.49. The number of fused-ring (bicyclic) bond motifs is 1. The number of hydrogen-bond donors (Lipinski definition) is 2. The zero-order valence-electron chi connectivity index (χ0n) is 22.3. The molecular weight excluding hydrogens is 551 g/mol. The molecule has 1 amide bonds. The highest BCUT2D eigenvalue weighted by Crippen LogP contribution is 2.43. The van der Waals surface area contributed by atoms with E-state index in [0.29, 0.717) is 37.3 Å². The van der Waals surface area contributed by atoms with Crippen molar-refractivity contribution < 1.29 is 26.5 Å². The van der Waals surface area contributed by atoms with Crippen LogP contribution in [0.3, 0.4) is 0 Å². The molecular formula is C30H31FN2O5S2. The highest BCUT2D eigenvalue weighted by Gasteiger charge is 2.25. The van der Waals surface area contributed by atoms with Gasteiger partial charge in [-0.3, -0.25) is 9.00 Å². The zero-order valence-corrected chi connectivity index (χ0v) is 23.9. The van der Waals surface area contributed by atoms with Gasteiger partial charge in [0.25, 0.3) is 0 Å². The Morgan fingerprint density at radius 1 is 1.02 bits per heavy atom. The summed E-state index contributed by atoms with van der Waals surface area (Å²) in [6.45, 7) is 2.81. The van der Waals surface area contributed by atoms with Gasteiger partial charge >= 0.3 is 0 Å². The lowest BCUT2D eigenvalue weighted by molar-refractivity contribution is -0.120. The average molecular weight is 583 g/mol. The summed E-state index contributed by atoms with van der Waals surface area (Å²) in [6.07, 6.45) is 5.13. The first-order chi connectivity index (χ1) is 19.0. The van der Waals surface area contributed by atoms with Gasteiger partial charge in [0.1, 0.15) is 11.6 Å². The molecule has 1 atom stereocenters. The van der Waals surface area contributed by atoms with Crippen LogP contribution < -0.4 is 15.2 Å². The Morgan fingerprint density at radius 2 is 1.73 bits per heavy atom. The van der Waals surface area contributed by atoms with E-state index in [1.807, 2.05) is 37.3 Å². The molecule has 0 saturated heterocycles. The summed E-state index contributed by atoms with van der Waals surface area (Å²) in [5.74, 6) is 0.0194. The van der Waals surface area contributed by atoms with Crippen LogP contribution in [-0.4, -0.2) is 37.9 Å². The minimum Gasteiger partial charge on any atom is -0.494 e. The summed E-state index contributed by atoms with van der Waals surface area (Å²) >= 11 is 0. The van der Waals surface area contributed by atoms with Crippen LogP contribution >= 0.6 is 0 Å². The van der Waals surface area contributed by atoms with E-state index in [4.69, 9.17) is 9.88 Å². The normalized spacial score (nSPS) is 14.8. The first-order valence-corrected chi connectivity index (χ1v) is 15.8. The molecule has 0 spiro atoms. The first kappa shape index (κ1) is 29.4. The Balaban J connectivity index is 1.34. The molecule has 3 N–H and O–H groups in total. The van der Waals surface area contributed by atoms with E-state index in [9.17, 15) is 21.8 Å². The third-order valence-electron chi connectivity index (χ3n) is 6.63. The summed E-state index contributed by atoms with van der Waals surface area (Å²) in [7, 11) is -4.81. The molecule has 3 aromatic carbocycles. The lowest BCUT2D eigenvalue weighted by Crippen LogP contribution is -2.24. The van der Waals surface area contributed by atoms with Crippen molar-refractivity contribution in [1.29, 1.82) is 0 Å². The van der Waals surface area contributed by atoms with Gasteiger partial charge in [-0.1, -0.05) is 18.2 Å². The minimum atomic E-state index is -3.74. The van der Waals surface area contributed by atoms with Crippen LogP contribution in [0.25, 0.3) is 17.2 Å². The highest BCUT2D eigenvalue weighted by molar-refractivity contribution is 7.89. The van der Waals surface area contributed by atoms with Crippen molar-refractivity contribution in [3.8, 4) is 5.75 Å². The monoisotopic (exact) mass is 582 g/mol. The number of allylic oxidation sites excluding steroid dienone is 2. The number of ether oxygens (including phenoxy) is 1. The number of hydrogen-bond acceptors (Lipinski definition) is 5. The number of sulfonamides is 1. The van der Waals surface area contributed by atoms with E-state index in [0.717, 1.165) is 32.7 Å². The predicted octanol–water partition coefficient (Wildman–Crippen LogP) is 4.90. The van der Waals surface area contributed by atoms with Crippen molar-refractivity contribution in [3.63, 3.8) is 0 Å². The second kappa shape index (κ2) is 12.7. The van der Waals surface area contributed by atoms with Crippen molar-refractivity contribution in [3.05, 3.63) is 94.8 Å². The van der Waals surface area contributed by atoms with E-state index in [1.54, 1.807) is 24.5 Å². The predicted molar refractivity (Wildman–Crippen MR) is 156 cm³/mol. The van der Waals surface area contributed by atoms with Crippen LogP contribution in [-0.2, 0) is 25.6 Å². The Bertz CT molecular complexity index is 1600. The largest absolute Gasteiger partial charge is 0.494 e. The van der Waals surface area contributed by atoms with Gasteiger partial charge in [-0.05, 0) is 108 Å². The molecule has 10 heteroatoms. The summed E-state index contributed by atoms with van der Waals surface area (Å²) < 4.78 is 54.1. The molecule has 3 aromatic rings. The van der Waals surface area contributed by atoms with Crippen molar-refractivity contribution in [2.75, 3.05) is 19.4 Å². The first-order valence-electron chi connectivity index (χ1n) is 12.7. The minimum absolute atomic E-state index is 0.0209. The van der Waals surface area contributed by atoms with Gasteiger partial charge in [0.05, 0.1) is 17.9 Å². The van der Waals surface area contributed by atoms with Crippen LogP contribution in [0.1, 0.15) is 42.9 Å². The number of nitrogens with two attached hydrogens (primary N) is 1. The maximum atomic E-state index is 14.2. The topological polar surface area (TPSA) is 116 Å². The molecule has 0 bridgehead atoms. The molecule has 1 unspecified atom stereocenters. The van der Waals surface area contributed by atoms with E-state index in [-0.39, 0.29) is 23.0 Å². The quantitative estimate of drug-likeness (QED) is 0.312. The van der Waals surface area contributed by atoms with Crippen molar-refractivity contribution >= 4 is 44.0 Å².